The summed E-state index contributed by atoms with van der Waals surface area (Å²) in [6.07, 6.45) is 0. The van der Waals surface area contributed by atoms with Crippen LogP contribution in [-0.2, 0) is 10.0 Å². The summed E-state index contributed by atoms with van der Waals surface area (Å²) in [6.45, 7) is 3.64. The topological polar surface area (TPSA) is 63.4 Å². The maximum absolute atomic E-state index is 13.1. The molecule has 0 amide bonds. The van der Waals surface area contributed by atoms with Crippen molar-refractivity contribution in [2.75, 3.05) is 20.1 Å². The van der Waals surface area contributed by atoms with Gasteiger partial charge in [0, 0.05) is 20.1 Å². The normalized spacial score (nSPS) is 12.1. The highest BCUT2D eigenvalue weighted by Gasteiger charge is 2.24. The number of nitrogens with zero attached hydrogens (tertiary/aromatic N) is 1. The molecule has 0 atom stereocenters. The molecular formula is C11H17FN2O2S. The molecule has 0 unspecified atom stereocenters. The average Bonchev–Trinajstić information content (AvgIpc) is 2.15. The second-order valence-electron chi connectivity index (χ2n) is 3.98. The largest absolute Gasteiger partial charge is 0.329 e. The Kier molecular flexibility index (Phi) is 4.24. The van der Waals surface area contributed by atoms with Crippen molar-refractivity contribution in [1.82, 2.24) is 4.31 Å². The molecule has 0 spiro atoms. The number of sulfonamides is 1. The van der Waals surface area contributed by atoms with E-state index in [9.17, 15) is 12.8 Å². The van der Waals surface area contributed by atoms with E-state index in [1.54, 1.807) is 13.8 Å². The van der Waals surface area contributed by atoms with Crippen LogP contribution < -0.4 is 5.73 Å². The fourth-order valence-electron chi connectivity index (χ4n) is 1.76. The van der Waals surface area contributed by atoms with Crippen molar-refractivity contribution in [2.24, 2.45) is 5.73 Å². The smallest absolute Gasteiger partial charge is 0.243 e. The Bertz CT molecular complexity index is 491. The van der Waals surface area contributed by atoms with Crippen LogP contribution in [0.3, 0.4) is 0 Å². The van der Waals surface area contributed by atoms with Gasteiger partial charge in [-0.05, 0) is 37.1 Å². The Labute approximate surface area is 101 Å². The molecule has 96 valence electrons. The van der Waals surface area contributed by atoms with Gasteiger partial charge in [-0.2, -0.15) is 4.31 Å². The Hall–Kier alpha value is -0.980. The fourth-order valence-corrected chi connectivity index (χ4v) is 3.35. The third-order valence-electron chi connectivity index (χ3n) is 2.54. The van der Waals surface area contributed by atoms with E-state index in [0.29, 0.717) is 11.1 Å². The first-order valence-corrected chi connectivity index (χ1v) is 6.68. The molecule has 0 bridgehead atoms. The first-order valence-electron chi connectivity index (χ1n) is 5.24. The summed E-state index contributed by atoms with van der Waals surface area (Å²) in [5, 5.41) is 0. The molecule has 1 aromatic rings. The van der Waals surface area contributed by atoms with Gasteiger partial charge in [-0.1, -0.05) is 0 Å². The number of likely N-dealkylation sites (N-methyl/N-ethyl adjacent to an activating group) is 1. The van der Waals surface area contributed by atoms with Crippen LogP contribution in [0, 0.1) is 19.7 Å². The minimum atomic E-state index is -3.59. The van der Waals surface area contributed by atoms with Crippen molar-refractivity contribution in [3.63, 3.8) is 0 Å². The summed E-state index contributed by atoms with van der Waals surface area (Å²) in [4.78, 5) is 0.162. The minimum Gasteiger partial charge on any atom is -0.329 e. The number of benzene rings is 1. The summed E-state index contributed by atoms with van der Waals surface area (Å²) in [5.74, 6) is -0.430. The first kappa shape index (κ1) is 14.1. The molecular weight excluding hydrogens is 243 g/mol. The highest BCUT2D eigenvalue weighted by Crippen LogP contribution is 2.23. The van der Waals surface area contributed by atoms with E-state index in [1.165, 1.54) is 23.5 Å². The summed E-state index contributed by atoms with van der Waals surface area (Å²) < 4.78 is 38.7. The van der Waals surface area contributed by atoms with Crippen molar-refractivity contribution in [3.8, 4) is 0 Å². The Morgan fingerprint density at radius 2 is 1.76 bits per heavy atom. The van der Waals surface area contributed by atoms with E-state index in [4.69, 9.17) is 5.73 Å². The first-order chi connectivity index (χ1) is 7.80. The van der Waals surface area contributed by atoms with Gasteiger partial charge in [0.25, 0.3) is 0 Å². The van der Waals surface area contributed by atoms with Gasteiger partial charge in [0.05, 0.1) is 4.90 Å². The predicted molar refractivity (Wildman–Crippen MR) is 64.7 cm³/mol. The summed E-state index contributed by atoms with van der Waals surface area (Å²) in [7, 11) is -2.13. The molecule has 0 saturated heterocycles. The number of hydrogen-bond acceptors (Lipinski definition) is 3. The third kappa shape index (κ3) is 2.83. The molecule has 0 heterocycles. The summed E-state index contributed by atoms with van der Waals surface area (Å²) in [6, 6.07) is 2.44. The third-order valence-corrected chi connectivity index (χ3v) is 4.70. The van der Waals surface area contributed by atoms with Crippen molar-refractivity contribution >= 4 is 10.0 Å². The van der Waals surface area contributed by atoms with E-state index in [1.807, 2.05) is 0 Å². The van der Waals surface area contributed by atoms with Gasteiger partial charge in [-0.3, -0.25) is 0 Å². The standard InChI is InChI=1S/C11H17FN2O2S/c1-8-6-10(12)7-9(2)11(8)17(15,16)14(3)5-4-13/h6-7H,4-5,13H2,1-3H3. The number of rotatable bonds is 4. The average molecular weight is 260 g/mol. The molecule has 1 aromatic carbocycles. The molecule has 1 rings (SSSR count). The molecule has 2 N–H and O–H groups in total. The van der Waals surface area contributed by atoms with Gasteiger partial charge in [-0.15, -0.1) is 0 Å². The van der Waals surface area contributed by atoms with Crippen molar-refractivity contribution in [3.05, 3.63) is 29.1 Å². The quantitative estimate of drug-likeness (QED) is 0.879. The Balaban J connectivity index is 3.34. The monoisotopic (exact) mass is 260 g/mol. The van der Waals surface area contributed by atoms with Crippen LogP contribution in [0.25, 0.3) is 0 Å². The molecule has 17 heavy (non-hydrogen) atoms. The molecule has 4 nitrogen and oxygen atoms in total. The van der Waals surface area contributed by atoms with Crippen LogP contribution in [0.4, 0.5) is 4.39 Å². The van der Waals surface area contributed by atoms with Gasteiger partial charge in [0.2, 0.25) is 10.0 Å². The maximum Gasteiger partial charge on any atom is 0.243 e. The lowest BCUT2D eigenvalue weighted by Crippen LogP contribution is -2.32. The van der Waals surface area contributed by atoms with Gasteiger partial charge < -0.3 is 5.73 Å². The van der Waals surface area contributed by atoms with Gasteiger partial charge in [-0.25, -0.2) is 12.8 Å². The van der Waals surface area contributed by atoms with E-state index in [2.05, 4.69) is 0 Å². The molecule has 0 radical (unpaired) electrons. The van der Waals surface area contributed by atoms with Crippen LogP contribution >= 0.6 is 0 Å². The van der Waals surface area contributed by atoms with Gasteiger partial charge >= 0.3 is 0 Å². The van der Waals surface area contributed by atoms with Crippen LogP contribution in [0.2, 0.25) is 0 Å². The lowest BCUT2D eigenvalue weighted by molar-refractivity contribution is 0.475. The van der Waals surface area contributed by atoms with Crippen molar-refractivity contribution in [2.45, 2.75) is 18.7 Å². The van der Waals surface area contributed by atoms with E-state index in [-0.39, 0.29) is 18.0 Å². The van der Waals surface area contributed by atoms with E-state index < -0.39 is 15.8 Å². The zero-order valence-electron chi connectivity index (χ0n) is 10.2. The van der Waals surface area contributed by atoms with E-state index in [0.717, 1.165) is 0 Å². The van der Waals surface area contributed by atoms with Gasteiger partial charge in [0.1, 0.15) is 5.82 Å². The second kappa shape index (κ2) is 5.12. The highest BCUT2D eigenvalue weighted by atomic mass is 32.2. The lowest BCUT2D eigenvalue weighted by atomic mass is 10.1. The fraction of sp³-hybridized carbons (Fsp3) is 0.455. The molecule has 0 fully saturated rings. The summed E-state index contributed by atoms with van der Waals surface area (Å²) >= 11 is 0. The Morgan fingerprint density at radius 1 is 1.29 bits per heavy atom. The predicted octanol–water partition coefficient (Wildman–Crippen LogP) is 1.02. The van der Waals surface area contributed by atoms with E-state index >= 15 is 0 Å². The van der Waals surface area contributed by atoms with Crippen LogP contribution in [-0.4, -0.2) is 32.9 Å². The SMILES string of the molecule is Cc1cc(F)cc(C)c1S(=O)(=O)N(C)CCN. The van der Waals surface area contributed by atoms with Gasteiger partial charge in [0.15, 0.2) is 0 Å². The number of halogens is 1. The van der Waals surface area contributed by atoms with Crippen molar-refractivity contribution in [1.29, 1.82) is 0 Å². The molecule has 0 aliphatic rings. The minimum absolute atomic E-state index is 0.162. The number of nitrogens with two attached hydrogens (primary N) is 1. The molecule has 0 aromatic heterocycles. The van der Waals surface area contributed by atoms with Crippen LogP contribution in [0.1, 0.15) is 11.1 Å². The maximum atomic E-state index is 13.1. The lowest BCUT2D eigenvalue weighted by Gasteiger charge is -2.19. The molecule has 0 aliphatic heterocycles. The molecule has 6 heteroatoms. The van der Waals surface area contributed by atoms with Crippen molar-refractivity contribution < 1.29 is 12.8 Å². The van der Waals surface area contributed by atoms with Crippen LogP contribution in [0.15, 0.2) is 17.0 Å². The number of hydrogen-bond donors (Lipinski definition) is 1. The molecule has 0 aliphatic carbocycles. The number of aryl methyl sites for hydroxylation is 2. The second-order valence-corrected chi connectivity index (χ2v) is 5.97. The highest BCUT2D eigenvalue weighted by molar-refractivity contribution is 7.89. The summed E-state index contributed by atoms with van der Waals surface area (Å²) in [5.41, 5.74) is 6.16. The molecule has 0 saturated carbocycles. The zero-order chi connectivity index (χ0) is 13.2. The van der Waals surface area contributed by atoms with Crippen LogP contribution in [0.5, 0.6) is 0 Å². The Morgan fingerprint density at radius 3 is 2.18 bits per heavy atom. The zero-order valence-corrected chi connectivity index (χ0v) is 11.0.